The smallest absolute Gasteiger partial charge is 0.262 e. The lowest BCUT2D eigenvalue weighted by Crippen LogP contribution is -2.16. The van der Waals surface area contributed by atoms with Crippen LogP contribution in [0.5, 0.6) is 0 Å². The quantitative estimate of drug-likeness (QED) is 0.555. The van der Waals surface area contributed by atoms with Crippen molar-refractivity contribution in [3.05, 3.63) is 71.0 Å². The van der Waals surface area contributed by atoms with Crippen molar-refractivity contribution >= 4 is 21.4 Å². The average Bonchev–Trinajstić information content (AvgIpc) is 3.01. The van der Waals surface area contributed by atoms with E-state index in [2.05, 4.69) is 20.0 Å². The molecule has 0 radical (unpaired) electrons. The number of benzene rings is 2. The van der Waals surface area contributed by atoms with Crippen LogP contribution < -0.4 is 4.72 Å². The third-order valence-corrected chi connectivity index (χ3v) is 6.39. The molecule has 0 amide bonds. The van der Waals surface area contributed by atoms with E-state index >= 15 is 0 Å². The minimum absolute atomic E-state index is 0.313. The lowest BCUT2D eigenvalue weighted by atomic mass is 10.1. The van der Waals surface area contributed by atoms with E-state index in [0.717, 1.165) is 22.3 Å². The van der Waals surface area contributed by atoms with Gasteiger partial charge >= 0.3 is 0 Å². The first-order valence-corrected chi connectivity index (χ1v) is 10.6. The number of aromatic nitrogens is 4. The van der Waals surface area contributed by atoms with Gasteiger partial charge in [-0.25, -0.2) is 8.42 Å². The first kappa shape index (κ1) is 19.1. The highest BCUT2D eigenvalue weighted by molar-refractivity contribution is 7.92. The molecule has 7 nitrogen and oxygen atoms in total. The maximum atomic E-state index is 13.0. The molecule has 2 aromatic carbocycles. The van der Waals surface area contributed by atoms with Crippen LogP contribution in [0.3, 0.4) is 0 Å². The summed E-state index contributed by atoms with van der Waals surface area (Å²) in [4.78, 5) is 0.313. The van der Waals surface area contributed by atoms with Gasteiger partial charge in [-0.1, -0.05) is 29.8 Å². The first-order chi connectivity index (χ1) is 13.7. The third kappa shape index (κ3) is 3.58. The number of anilines is 1. The number of nitrogens with one attached hydrogen (secondary N) is 1. The van der Waals surface area contributed by atoms with Crippen LogP contribution in [-0.4, -0.2) is 28.2 Å². The van der Waals surface area contributed by atoms with E-state index in [1.807, 2.05) is 58.0 Å². The van der Waals surface area contributed by atoms with E-state index in [4.69, 9.17) is 0 Å². The highest BCUT2D eigenvalue weighted by Gasteiger charge is 2.20. The van der Waals surface area contributed by atoms with E-state index in [1.165, 1.54) is 0 Å². The number of aryl methyl sites for hydroxylation is 4. The summed E-state index contributed by atoms with van der Waals surface area (Å²) in [5.41, 5.74) is 5.11. The Morgan fingerprint density at radius 3 is 2.34 bits per heavy atom. The molecular formula is C21H21N5O2S. The van der Waals surface area contributed by atoms with Gasteiger partial charge in [0, 0.05) is 11.3 Å². The van der Waals surface area contributed by atoms with Crippen LogP contribution in [0.4, 0.5) is 5.69 Å². The molecule has 0 atom stereocenters. The van der Waals surface area contributed by atoms with Crippen LogP contribution in [0, 0.1) is 27.7 Å². The first-order valence-electron chi connectivity index (χ1n) is 9.15. The highest BCUT2D eigenvalue weighted by Crippen LogP contribution is 2.26. The van der Waals surface area contributed by atoms with Gasteiger partial charge in [-0.05, 0) is 63.1 Å². The molecular weight excluding hydrogens is 386 g/mol. The zero-order valence-electron chi connectivity index (χ0n) is 16.6. The fraction of sp³-hybridized carbons (Fsp3) is 0.190. The monoisotopic (exact) mass is 407 g/mol. The molecule has 0 saturated carbocycles. The summed E-state index contributed by atoms with van der Waals surface area (Å²) in [5, 5.41) is 12.6. The number of sulfonamides is 1. The van der Waals surface area contributed by atoms with Gasteiger partial charge in [-0.2, -0.15) is 9.61 Å². The predicted octanol–water partition coefficient (Wildman–Crippen LogP) is 3.83. The molecule has 0 saturated heterocycles. The molecule has 0 unspecified atom stereocenters. The SMILES string of the molecule is Cc1cc(C)c(S(=O)(=O)Nc2cccc(-c3ccc4nnc(C)n4n3)c2)c(C)c1. The summed E-state index contributed by atoms with van der Waals surface area (Å²) >= 11 is 0. The maximum Gasteiger partial charge on any atom is 0.262 e. The van der Waals surface area contributed by atoms with E-state index in [0.29, 0.717) is 27.7 Å². The van der Waals surface area contributed by atoms with Gasteiger partial charge in [0.15, 0.2) is 11.5 Å². The lowest BCUT2D eigenvalue weighted by Gasteiger charge is -2.14. The molecule has 4 aromatic rings. The average molecular weight is 407 g/mol. The van der Waals surface area contributed by atoms with Crippen LogP contribution in [0.2, 0.25) is 0 Å². The summed E-state index contributed by atoms with van der Waals surface area (Å²) in [5.74, 6) is 0.684. The topological polar surface area (TPSA) is 89.2 Å². The van der Waals surface area contributed by atoms with E-state index < -0.39 is 10.0 Å². The molecule has 0 spiro atoms. The second-order valence-electron chi connectivity index (χ2n) is 7.15. The van der Waals surface area contributed by atoms with Crippen LogP contribution in [0.25, 0.3) is 16.9 Å². The molecule has 148 valence electrons. The standard InChI is InChI=1S/C21H21N5O2S/c1-13-10-14(2)21(15(3)11-13)29(27,28)25-18-7-5-6-17(12-18)19-8-9-20-23-22-16(4)26(20)24-19/h5-12,25H,1-4H3. The molecule has 0 aliphatic rings. The Kier molecular flexibility index (Phi) is 4.58. The van der Waals surface area contributed by atoms with Gasteiger partial charge in [0.1, 0.15) is 0 Å². The lowest BCUT2D eigenvalue weighted by molar-refractivity contribution is 0.600. The Labute approximate surface area is 169 Å². The second-order valence-corrected chi connectivity index (χ2v) is 8.77. The Morgan fingerprint density at radius 1 is 0.897 bits per heavy atom. The van der Waals surface area contributed by atoms with E-state index in [-0.39, 0.29) is 0 Å². The normalized spacial score (nSPS) is 11.7. The Hall–Kier alpha value is -3.26. The molecule has 2 aromatic heterocycles. The number of nitrogens with zero attached hydrogens (tertiary/aromatic N) is 4. The zero-order chi connectivity index (χ0) is 20.8. The summed E-state index contributed by atoms with van der Waals surface area (Å²) in [6.07, 6.45) is 0. The molecule has 8 heteroatoms. The molecule has 1 N–H and O–H groups in total. The van der Waals surface area contributed by atoms with Gasteiger partial charge in [-0.3, -0.25) is 4.72 Å². The van der Waals surface area contributed by atoms with Crippen LogP contribution in [-0.2, 0) is 10.0 Å². The summed E-state index contributed by atoms with van der Waals surface area (Å²) < 4.78 is 30.4. The molecule has 0 aliphatic heterocycles. The van der Waals surface area contributed by atoms with Gasteiger partial charge in [0.2, 0.25) is 0 Å². The van der Waals surface area contributed by atoms with Crippen LogP contribution >= 0.6 is 0 Å². The summed E-state index contributed by atoms with van der Waals surface area (Å²) in [6.45, 7) is 7.40. The van der Waals surface area contributed by atoms with Crippen molar-refractivity contribution in [3.8, 4) is 11.3 Å². The van der Waals surface area contributed by atoms with E-state index in [9.17, 15) is 8.42 Å². The number of hydrogen-bond acceptors (Lipinski definition) is 5. The molecule has 0 fully saturated rings. The van der Waals surface area contributed by atoms with Gasteiger partial charge in [-0.15, -0.1) is 10.2 Å². The maximum absolute atomic E-state index is 13.0. The predicted molar refractivity (Wildman–Crippen MR) is 112 cm³/mol. The van der Waals surface area contributed by atoms with Crippen molar-refractivity contribution in [2.75, 3.05) is 4.72 Å². The number of fused-ring (bicyclic) bond motifs is 1. The van der Waals surface area contributed by atoms with Crippen molar-refractivity contribution in [2.24, 2.45) is 0 Å². The van der Waals surface area contributed by atoms with Crippen molar-refractivity contribution in [3.63, 3.8) is 0 Å². The van der Waals surface area contributed by atoms with Gasteiger partial charge in [0.05, 0.1) is 10.6 Å². The Balaban J connectivity index is 1.71. The number of rotatable bonds is 4. The summed E-state index contributed by atoms with van der Waals surface area (Å²) in [7, 11) is -3.72. The third-order valence-electron chi connectivity index (χ3n) is 4.70. The highest BCUT2D eigenvalue weighted by atomic mass is 32.2. The minimum atomic E-state index is -3.72. The zero-order valence-corrected chi connectivity index (χ0v) is 17.4. The summed E-state index contributed by atoms with van der Waals surface area (Å²) in [6, 6.07) is 14.6. The fourth-order valence-corrected chi connectivity index (χ4v) is 5.09. The van der Waals surface area contributed by atoms with Gasteiger partial charge in [0.25, 0.3) is 10.0 Å². The van der Waals surface area contributed by atoms with Crippen molar-refractivity contribution < 1.29 is 8.42 Å². The van der Waals surface area contributed by atoms with Crippen molar-refractivity contribution in [2.45, 2.75) is 32.6 Å². The molecule has 0 aliphatic carbocycles. The fourth-order valence-electron chi connectivity index (χ4n) is 3.59. The van der Waals surface area contributed by atoms with Crippen molar-refractivity contribution in [1.29, 1.82) is 0 Å². The second kappa shape index (κ2) is 6.97. The van der Waals surface area contributed by atoms with Crippen molar-refractivity contribution in [1.82, 2.24) is 19.8 Å². The van der Waals surface area contributed by atoms with E-state index in [1.54, 1.807) is 22.7 Å². The Morgan fingerprint density at radius 2 is 1.62 bits per heavy atom. The van der Waals surface area contributed by atoms with Gasteiger partial charge < -0.3 is 0 Å². The molecule has 0 bridgehead atoms. The largest absolute Gasteiger partial charge is 0.280 e. The number of hydrogen-bond donors (Lipinski definition) is 1. The Bertz CT molecular complexity index is 1320. The molecule has 2 heterocycles. The van der Waals surface area contributed by atoms with Crippen LogP contribution in [0.1, 0.15) is 22.5 Å². The minimum Gasteiger partial charge on any atom is -0.280 e. The van der Waals surface area contributed by atoms with Crippen LogP contribution in [0.15, 0.2) is 53.4 Å². The molecule has 4 rings (SSSR count). The molecule has 29 heavy (non-hydrogen) atoms.